The lowest BCUT2D eigenvalue weighted by molar-refractivity contribution is -0.136. The molecule has 1 aromatic carbocycles. The molecule has 0 aliphatic heterocycles. The summed E-state index contributed by atoms with van der Waals surface area (Å²) < 4.78 is 23.4. The number of aryl methyl sites for hydroxylation is 1. The van der Waals surface area contributed by atoms with Crippen molar-refractivity contribution < 1.29 is 18.3 Å². The lowest BCUT2D eigenvalue weighted by Gasteiger charge is -2.06. The Morgan fingerprint density at radius 3 is 2.61 bits per heavy atom. The van der Waals surface area contributed by atoms with E-state index in [4.69, 9.17) is 10.4 Å². The van der Waals surface area contributed by atoms with Gasteiger partial charge in [-0.15, -0.1) is 0 Å². The van der Waals surface area contributed by atoms with Crippen molar-refractivity contribution in [3.63, 3.8) is 0 Å². The van der Waals surface area contributed by atoms with E-state index in [0.717, 1.165) is 0 Å². The molecule has 0 saturated carbocycles. The molecule has 0 aliphatic rings. The summed E-state index contributed by atoms with van der Waals surface area (Å²) in [5.41, 5.74) is 1.78. The zero-order valence-corrected chi connectivity index (χ0v) is 10.7. The fourth-order valence-electron chi connectivity index (χ4n) is 1.48. The first-order valence-electron chi connectivity index (χ1n) is 5.26. The summed E-state index contributed by atoms with van der Waals surface area (Å²) in [5.74, 6) is -1.70. The van der Waals surface area contributed by atoms with Crippen LogP contribution >= 0.6 is 0 Å². The van der Waals surface area contributed by atoms with Crippen molar-refractivity contribution in [1.82, 2.24) is 0 Å². The van der Waals surface area contributed by atoms with E-state index in [0.29, 0.717) is 16.7 Å². The predicted molar refractivity (Wildman–Crippen MR) is 65.6 cm³/mol. The molecule has 1 rings (SSSR count). The van der Waals surface area contributed by atoms with Crippen LogP contribution in [0, 0.1) is 18.3 Å². The zero-order chi connectivity index (χ0) is 13.8. The van der Waals surface area contributed by atoms with Crippen molar-refractivity contribution in [3.8, 4) is 6.07 Å². The maximum atomic E-state index is 11.7. The van der Waals surface area contributed by atoms with E-state index in [2.05, 4.69) is 0 Å². The number of rotatable bonds is 5. The molecule has 96 valence electrons. The van der Waals surface area contributed by atoms with Gasteiger partial charge in [-0.25, -0.2) is 8.42 Å². The second kappa shape index (κ2) is 5.65. The van der Waals surface area contributed by atoms with E-state index in [1.165, 1.54) is 0 Å². The highest BCUT2D eigenvalue weighted by atomic mass is 32.2. The third kappa shape index (κ3) is 4.18. The van der Waals surface area contributed by atoms with Gasteiger partial charge in [0.1, 0.15) is 0 Å². The van der Waals surface area contributed by atoms with E-state index < -0.39 is 22.2 Å². The standard InChI is InChI=1S/C12H13NO4S/c1-9-6-10(7-13)2-3-11(9)8-18(16,17)5-4-12(14)15/h2-3,6H,4-5,8H2,1H3,(H,14,15). The summed E-state index contributed by atoms with van der Waals surface area (Å²) in [6, 6.07) is 6.72. The zero-order valence-electron chi connectivity index (χ0n) is 9.88. The lowest BCUT2D eigenvalue weighted by atomic mass is 10.1. The number of aliphatic carboxylic acids is 1. The average Bonchev–Trinajstić information content (AvgIpc) is 2.29. The topological polar surface area (TPSA) is 95.2 Å². The summed E-state index contributed by atoms with van der Waals surface area (Å²) in [6.45, 7) is 1.73. The Morgan fingerprint density at radius 2 is 2.11 bits per heavy atom. The molecule has 1 N–H and O–H groups in total. The number of nitrogens with zero attached hydrogens (tertiary/aromatic N) is 1. The van der Waals surface area contributed by atoms with E-state index in [1.54, 1.807) is 25.1 Å². The Kier molecular flexibility index (Phi) is 4.45. The van der Waals surface area contributed by atoms with Crippen LogP contribution in [-0.4, -0.2) is 25.2 Å². The van der Waals surface area contributed by atoms with Crippen molar-refractivity contribution in [2.75, 3.05) is 5.75 Å². The highest BCUT2D eigenvalue weighted by Gasteiger charge is 2.15. The summed E-state index contributed by atoms with van der Waals surface area (Å²) in [6.07, 6.45) is -0.391. The first kappa shape index (κ1) is 14.2. The molecule has 0 bridgehead atoms. The summed E-state index contributed by atoms with van der Waals surface area (Å²) in [4.78, 5) is 10.3. The minimum absolute atomic E-state index is 0.197. The molecule has 0 saturated heterocycles. The third-order valence-corrected chi connectivity index (χ3v) is 4.05. The maximum Gasteiger partial charge on any atom is 0.304 e. The molecule has 0 fully saturated rings. The molecule has 0 aromatic heterocycles. The largest absolute Gasteiger partial charge is 0.481 e. The molecule has 0 heterocycles. The van der Waals surface area contributed by atoms with Crippen molar-refractivity contribution in [3.05, 3.63) is 34.9 Å². The van der Waals surface area contributed by atoms with Crippen LogP contribution in [0.25, 0.3) is 0 Å². The van der Waals surface area contributed by atoms with Gasteiger partial charge in [-0.3, -0.25) is 4.79 Å². The minimum atomic E-state index is -3.44. The fourth-order valence-corrected chi connectivity index (χ4v) is 2.91. The summed E-state index contributed by atoms with van der Waals surface area (Å²) in [7, 11) is -3.44. The second-order valence-electron chi connectivity index (χ2n) is 3.99. The normalized spacial score (nSPS) is 10.9. The third-order valence-electron chi connectivity index (χ3n) is 2.47. The number of carbonyl (C=O) groups is 1. The number of carboxylic acid groups (broad SMARTS) is 1. The predicted octanol–water partition coefficient (Wildman–Crippen LogP) is 1.26. The van der Waals surface area contributed by atoms with Gasteiger partial charge < -0.3 is 5.11 Å². The van der Waals surface area contributed by atoms with Crippen molar-refractivity contribution >= 4 is 15.8 Å². The fraction of sp³-hybridized carbons (Fsp3) is 0.333. The first-order valence-corrected chi connectivity index (χ1v) is 7.08. The lowest BCUT2D eigenvalue weighted by Crippen LogP contribution is -2.13. The number of carboxylic acids is 1. The molecule has 5 nitrogen and oxygen atoms in total. The van der Waals surface area contributed by atoms with E-state index in [-0.39, 0.29) is 11.5 Å². The minimum Gasteiger partial charge on any atom is -0.481 e. The molecule has 0 unspecified atom stereocenters. The monoisotopic (exact) mass is 267 g/mol. The van der Waals surface area contributed by atoms with Crippen LogP contribution in [0.1, 0.15) is 23.1 Å². The maximum absolute atomic E-state index is 11.7. The molecule has 1 aromatic rings. The number of nitriles is 1. The quantitative estimate of drug-likeness (QED) is 0.866. The number of benzene rings is 1. The van der Waals surface area contributed by atoms with Crippen LogP contribution in [-0.2, 0) is 20.4 Å². The van der Waals surface area contributed by atoms with Gasteiger partial charge in [0.25, 0.3) is 0 Å². The number of hydrogen-bond donors (Lipinski definition) is 1. The van der Waals surface area contributed by atoms with Crippen LogP contribution in [0.5, 0.6) is 0 Å². The van der Waals surface area contributed by atoms with Crippen LogP contribution in [0.4, 0.5) is 0 Å². The SMILES string of the molecule is Cc1cc(C#N)ccc1CS(=O)(=O)CCC(=O)O. The van der Waals surface area contributed by atoms with Crippen LogP contribution in [0.2, 0.25) is 0 Å². The van der Waals surface area contributed by atoms with Gasteiger partial charge >= 0.3 is 5.97 Å². The Balaban J connectivity index is 2.85. The van der Waals surface area contributed by atoms with Crippen molar-refractivity contribution in [1.29, 1.82) is 5.26 Å². The summed E-state index contributed by atoms with van der Waals surface area (Å²) in [5, 5.41) is 17.2. The van der Waals surface area contributed by atoms with Gasteiger partial charge in [-0.2, -0.15) is 5.26 Å². The number of hydrogen-bond acceptors (Lipinski definition) is 4. The van der Waals surface area contributed by atoms with E-state index in [9.17, 15) is 13.2 Å². The molecule has 0 spiro atoms. The number of sulfone groups is 1. The van der Waals surface area contributed by atoms with Crippen LogP contribution < -0.4 is 0 Å². The Hall–Kier alpha value is -1.87. The first-order chi connectivity index (χ1) is 8.34. The Morgan fingerprint density at radius 1 is 1.44 bits per heavy atom. The van der Waals surface area contributed by atoms with Crippen molar-refractivity contribution in [2.45, 2.75) is 19.1 Å². The van der Waals surface area contributed by atoms with Gasteiger partial charge in [-0.1, -0.05) is 6.07 Å². The van der Waals surface area contributed by atoms with Crippen LogP contribution in [0.3, 0.4) is 0 Å². The Labute approximate surface area is 106 Å². The van der Waals surface area contributed by atoms with Gasteiger partial charge in [0, 0.05) is 0 Å². The molecule has 0 radical (unpaired) electrons. The highest BCUT2D eigenvalue weighted by Crippen LogP contribution is 2.14. The van der Waals surface area contributed by atoms with E-state index >= 15 is 0 Å². The van der Waals surface area contributed by atoms with Gasteiger partial charge in [0.2, 0.25) is 0 Å². The molecule has 0 aliphatic carbocycles. The van der Waals surface area contributed by atoms with Gasteiger partial charge in [-0.05, 0) is 30.2 Å². The van der Waals surface area contributed by atoms with Gasteiger partial charge in [0.05, 0.1) is 29.6 Å². The molecule has 0 amide bonds. The summed E-state index contributed by atoms with van der Waals surface area (Å²) >= 11 is 0. The smallest absolute Gasteiger partial charge is 0.304 e. The van der Waals surface area contributed by atoms with Gasteiger partial charge in [0.15, 0.2) is 9.84 Å². The molecular weight excluding hydrogens is 254 g/mol. The molecule has 6 heteroatoms. The average molecular weight is 267 g/mol. The Bertz CT molecular complexity index is 599. The molecular formula is C12H13NO4S. The molecule has 0 atom stereocenters. The molecule has 18 heavy (non-hydrogen) atoms. The van der Waals surface area contributed by atoms with Crippen molar-refractivity contribution in [2.24, 2.45) is 0 Å². The van der Waals surface area contributed by atoms with E-state index in [1.807, 2.05) is 6.07 Å². The van der Waals surface area contributed by atoms with Crippen LogP contribution in [0.15, 0.2) is 18.2 Å². The highest BCUT2D eigenvalue weighted by molar-refractivity contribution is 7.90. The second-order valence-corrected chi connectivity index (χ2v) is 6.17.